The van der Waals surface area contributed by atoms with E-state index in [1.54, 1.807) is 17.2 Å². The summed E-state index contributed by atoms with van der Waals surface area (Å²) in [6.45, 7) is 2.28. The zero-order chi connectivity index (χ0) is 18.4. The maximum absolute atomic E-state index is 12.4. The zero-order valence-electron chi connectivity index (χ0n) is 14.9. The maximum atomic E-state index is 12.4. The van der Waals surface area contributed by atoms with Crippen molar-refractivity contribution in [2.75, 3.05) is 25.0 Å². The van der Waals surface area contributed by atoms with Crippen molar-refractivity contribution in [1.29, 1.82) is 5.26 Å². The van der Waals surface area contributed by atoms with Gasteiger partial charge < -0.3 is 15.1 Å². The molecule has 0 atom stereocenters. The molecule has 1 fully saturated rings. The summed E-state index contributed by atoms with van der Waals surface area (Å²) in [6.07, 6.45) is 3.36. The molecule has 0 unspecified atom stereocenters. The first-order valence-electron chi connectivity index (χ1n) is 8.82. The summed E-state index contributed by atoms with van der Waals surface area (Å²) in [5, 5.41) is 12.0. The van der Waals surface area contributed by atoms with Crippen molar-refractivity contribution in [3.63, 3.8) is 0 Å². The highest BCUT2D eigenvalue weighted by Gasteiger charge is 2.22. The standard InChI is InChI=1S/C20H23N5O/c1-24(15-16-5-3-2-4-6-16)20(26)23-18-9-11-25(12-10-18)19-8-7-17(13-21)14-22-19/h2-8,14,18H,9-12,15H2,1H3,(H,23,26). The summed E-state index contributed by atoms with van der Waals surface area (Å²) >= 11 is 0. The minimum atomic E-state index is -0.0381. The van der Waals surface area contributed by atoms with Gasteiger partial charge in [-0.1, -0.05) is 30.3 Å². The third-order valence-electron chi connectivity index (χ3n) is 4.63. The first-order valence-corrected chi connectivity index (χ1v) is 8.82. The number of nitrogens with one attached hydrogen (secondary N) is 1. The molecule has 0 saturated carbocycles. The van der Waals surface area contributed by atoms with Crippen molar-refractivity contribution >= 4 is 11.8 Å². The lowest BCUT2D eigenvalue weighted by molar-refractivity contribution is 0.200. The number of aromatic nitrogens is 1. The minimum Gasteiger partial charge on any atom is -0.356 e. The van der Waals surface area contributed by atoms with Crippen LogP contribution in [0.25, 0.3) is 0 Å². The van der Waals surface area contributed by atoms with Crippen LogP contribution in [0.3, 0.4) is 0 Å². The molecular formula is C20H23N5O. The Morgan fingerprint density at radius 1 is 1.27 bits per heavy atom. The molecule has 26 heavy (non-hydrogen) atoms. The molecule has 2 heterocycles. The van der Waals surface area contributed by atoms with Gasteiger partial charge in [0.25, 0.3) is 0 Å². The highest BCUT2D eigenvalue weighted by Crippen LogP contribution is 2.18. The third-order valence-corrected chi connectivity index (χ3v) is 4.63. The number of piperidine rings is 1. The largest absolute Gasteiger partial charge is 0.356 e. The van der Waals surface area contributed by atoms with Crippen LogP contribution < -0.4 is 10.2 Å². The van der Waals surface area contributed by atoms with Crippen molar-refractivity contribution in [3.05, 3.63) is 59.8 Å². The van der Waals surface area contributed by atoms with Gasteiger partial charge in [0.2, 0.25) is 0 Å². The second-order valence-electron chi connectivity index (χ2n) is 6.57. The minimum absolute atomic E-state index is 0.0381. The van der Waals surface area contributed by atoms with E-state index in [0.29, 0.717) is 12.1 Å². The van der Waals surface area contributed by atoms with Gasteiger partial charge in [0.1, 0.15) is 11.9 Å². The second-order valence-corrected chi connectivity index (χ2v) is 6.57. The van der Waals surface area contributed by atoms with Gasteiger partial charge in [-0.3, -0.25) is 0 Å². The number of pyridine rings is 1. The number of anilines is 1. The summed E-state index contributed by atoms with van der Waals surface area (Å²) in [5.41, 5.74) is 1.68. The zero-order valence-corrected chi connectivity index (χ0v) is 14.9. The molecule has 1 aromatic heterocycles. The third kappa shape index (κ3) is 4.51. The Morgan fingerprint density at radius 2 is 2.00 bits per heavy atom. The van der Waals surface area contributed by atoms with Gasteiger partial charge in [0.15, 0.2) is 0 Å². The highest BCUT2D eigenvalue weighted by atomic mass is 16.2. The molecule has 0 radical (unpaired) electrons. The molecule has 134 valence electrons. The van der Waals surface area contributed by atoms with E-state index in [9.17, 15) is 4.79 Å². The number of carbonyl (C=O) groups excluding carboxylic acids is 1. The molecule has 0 bridgehead atoms. The van der Waals surface area contributed by atoms with Crippen LogP contribution in [0, 0.1) is 11.3 Å². The van der Waals surface area contributed by atoms with Crippen LogP contribution in [0.5, 0.6) is 0 Å². The molecule has 1 aliphatic rings. The van der Waals surface area contributed by atoms with Crippen LogP contribution in [-0.2, 0) is 6.54 Å². The Hall–Kier alpha value is -3.07. The molecule has 1 N–H and O–H groups in total. The molecule has 3 rings (SSSR count). The molecule has 1 aliphatic heterocycles. The number of benzene rings is 1. The molecule has 6 nitrogen and oxygen atoms in total. The van der Waals surface area contributed by atoms with Gasteiger partial charge >= 0.3 is 6.03 Å². The number of urea groups is 1. The summed E-state index contributed by atoms with van der Waals surface area (Å²) in [4.78, 5) is 20.6. The van der Waals surface area contributed by atoms with E-state index in [1.165, 1.54) is 0 Å². The van der Waals surface area contributed by atoms with Crippen LogP contribution in [0.4, 0.5) is 10.6 Å². The Balaban J connectivity index is 1.47. The monoisotopic (exact) mass is 349 g/mol. The van der Waals surface area contributed by atoms with Crippen molar-refractivity contribution in [1.82, 2.24) is 15.2 Å². The van der Waals surface area contributed by atoms with Crippen molar-refractivity contribution in [3.8, 4) is 6.07 Å². The summed E-state index contributed by atoms with van der Waals surface area (Å²) in [7, 11) is 1.82. The maximum Gasteiger partial charge on any atom is 0.317 e. The normalized spacial score (nSPS) is 14.5. The molecule has 1 aromatic carbocycles. The van der Waals surface area contributed by atoms with Gasteiger partial charge in [-0.15, -0.1) is 0 Å². The van der Waals surface area contributed by atoms with Gasteiger partial charge in [0, 0.05) is 38.9 Å². The lowest BCUT2D eigenvalue weighted by Gasteiger charge is -2.34. The number of nitriles is 1. The van der Waals surface area contributed by atoms with Crippen LogP contribution in [0.15, 0.2) is 48.7 Å². The first-order chi connectivity index (χ1) is 12.7. The van der Waals surface area contributed by atoms with E-state index < -0.39 is 0 Å². The highest BCUT2D eigenvalue weighted by molar-refractivity contribution is 5.74. The van der Waals surface area contributed by atoms with E-state index in [4.69, 9.17) is 5.26 Å². The fraction of sp³-hybridized carbons (Fsp3) is 0.350. The van der Waals surface area contributed by atoms with Gasteiger partial charge in [-0.05, 0) is 30.5 Å². The Morgan fingerprint density at radius 3 is 2.62 bits per heavy atom. The summed E-state index contributed by atoms with van der Waals surface area (Å²) in [6, 6.07) is 15.9. The lowest BCUT2D eigenvalue weighted by Crippen LogP contribution is -2.48. The Labute approximate surface area is 154 Å². The average Bonchev–Trinajstić information content (AvgIpc) is 2.69. The van der Waals surface area contributed by atoms with Gasteiger partial charge in [-0.2, -0.15) is 5.26 Å². The molecule has 2 aromatic rings. The van der Waals surface area contributed by atoms with E-state index in [0.717, 1.165) is 37.3 Å². The number of hydrogen-bond acceptors (Lipinski definition) is 4. The predicted octanol–water partition coefficient (Wildman–Crippen LogP) is 2.76. The molecule has 0 spiro atoms. The topological polar surface area (TPSA) is 72.3 Å². The van der Waals surface area contributed by atoms with Crippen LogP contribution in [0.2, 0.25) is 0 Å². The van der Waals surface area contributed by atoms with Gasteiger partial charge in [0.05, 0.1) is 5.56 Å². The summed E-state index contributed by atoms with van der Waals surface area (Å²) < 4.78 is 0. The van der Waals surface area contributed by atoms with Crippen molar-refractivity contribution in [2.24, 2.45) is 0 Å². The Kier molecular flexibility index (Phi) is 5.69. The summed E-state index contributed by atoms with van der Waals surface area (Å²) in [5.74, 6) is 0.884. The molecule has 0 aliphatic carbocycles. The number of carbonyl (C=O) groups is 1. The van der Waals surface area contributed by atoms with E-state index in [1.807, 2.05) is 43.4 Å². The number of amides is 2. The van der Waals surface area contributed by atoms with E-state index in [2.05, 4.69) is 21.3 Å². The fourth-order valence-corrected chi connectivity index (χ4v) is 3.11. The number of rotatable bonds is 4. The second kappa shape index (κ2) is 8.34. The molecular weight excluding hydrogens is 326 g/mol. The number of nitrogens with zero attached hydrogens (tertiary/aromatic N) is 4. The number of hydrogen-bond donors (Lipinski definition) is 1. The van der Waals surface area contributed by atoms with Crippen molar-refractivity contribution < 1.29 is 4.79 Å². The smallest absolute Gasteiger partial charge is 0.317 e. The van der Waals surface area contributed by atoms with E-state index >= 15 is 0 Å². The average molecular weight is 349 g/mol. The first kappa shape index (κ1) is 17.7. The SMILES string of the molecule is CN(Cc1ccccc1)C(=O)NC1CCN(c2ccc(C#N)cn2)CC1. The predicted molar refractivity (Wildman–Crippen MR) is 101 cm³/mol. The van der Waals surface area contributed by atoms with E-state index in [-0.39, 0.29) is 12.1 Å². The molecule has 2 amide bonds. The lowest BCUT2D eigenvalue weighted by atomic mass is 10.1. The fourth-order valence-electron chi connectivity index (χ4n) is 3.11. The van der Waals surface area contributed by atoms with Crippen LogP contribution in [-0.4, -0.2) is 42.1 Å². The van der Waals surface area contributed by atoms with Gasteiger partial charge in [-0.25, -0.2) is 9.78 Å². The Bertz CT molecular complexity index is 761. The molecule has 6 heteroatoms. The quantitative estimate of drug-likeness (QED) is 0.921. The van der Waals surface area contributed by atoms with Crippen LogP contribution >= 0.6 is 0 Å². The van der Waals surface area contributed by atoms with Crippen molar-refractivity contribution in [2.45, 2.75) is 25.4 Å². The molecule has 1 saturated heterocycles. The van der Waals surface area contributed by atoms with Crippen LogP contribution in [0.1, 0.15) is 24.0 Å².